The van der Waals surface area contributed by atoms with Crippen molar-refractivity contribution in [3.8, 4) is 11.3 Å². The Bertz CT molecular complexity index is 997. The highest BCUT2D eigenvalue weighted by atomic mass is 32.1. The summed E-state index contributed by atoms with van der Waals surface area (Å²) < 4.78 is 0. The minimum atomic E-state index is -0.640. The third-order valence-corrected chi connectivity index (χ3v) is 5.06. The highest BCUT2D eigenvalue weighted by Gasteiger charge is 2.25. The summed E-state index contributed by atoms with van der Waals surface area (Å²) in [7, 11) is 0. The van der Waals surface area contributed by atoms with Gasteiger partial charge in [-0.2, -0.15) is 0 Å². The van der Waals surface area contributed by atoms with Gasteiger partial charge in [0.15, 0.2) is 5.13 Å². The van der Waals surface area contributed by atoms with Gasteiger partial charge in [0.1, 0.15) is 6.04 Å². The number of H-pyrrole nitrogens is 1. The normalized spacial score (nSPS) is 12.8. The number of carbonyl (C=O) groups excluding carboxylic acids is 2. The molecule has 2 aromatic heterocycles. The zero-order chi connectivity index (χ0) is 19.8. The summed E-state index contributed by atoms with van der Waals surface area (Å²) in [5.74, 6) is -0.455. The van der Waals surface area contributed by atoms with Crippen molar-refractivity contribution in [2.45, 2.75) is 40.7 Å². The molecule has 142 valence electrons. The number of benzene rings is 1. The second-order valence-corrected chi connectivity index (χ2v) is 8.50. The molecule has 3 N–H and O–H groups in total. The minimum Gasteiger partial charge on any atom is -0.358 e. The lowest BCUT2D eigenvalue weighted by Crippen LogP contribution is -2.46. The Morgan fingerprint density at radius 3 is 2.63 bits per heavy atom. The summed E-state index contributed by atoms with van der Waals surface area (Å²) in [6.07, 6.45) is 0. The Morgan fingerprint density at radius 1 is 1.22 bits per heavy atom. The average Bonchev–Trinajstić information content (AvgIpc) is 3.16. The van der Waals surface area contributed by atoms with Gasteiger partial charge in [-0.25, -0.2) is 4.98 Å². The number of thiazole rings is 1. The summed E-state index contributed by atoms with van der Waals surface area (Å²) in [6, 6.07) is 7.42. The van der Waals surface area contributed by atoms with Gasteiger partial charge in [-0.15, -0.1) is 11.3 Å². The van der Waals surface area contributed by atoms with E-state index in [1.807, 2.05) is 51.3 Å². The monoisotopic (exact) mass is 384 g/mol. The molecule has 1 unspecified atom stereocenters. The lowest BCUT2D eigenvalue weighted by atomic mass is 9.95. The second-order valence-electron chi connectivity index (χ2n) is 7.64. The third kappa shape index (κ3) is 4.03. The van der Waals surface area contributed by atoms with Crippen LogP contribution in [0.2, 0.25) is 0 Å². The molecule has 0 radical (unpaired) electrons. The fourth-order valence-electron chi connectivity index (χ4n) is 2.75. The number of nitrogens with zero attached hydrogens (tertiary/aromatic N) is 1. The number of rotatable bonds is 4. The quantitative estimate of drug-likeness (QED) is 0.633. The molecule has 0 bridgehead atoms. The van der Waals surface area contributed by atoms with Crippen LogP contribution in [0.1, 0.15) is 33.4 Å². The van der Waals surface area contributed by atoms with E-state index < -0.39 is 11.5 Å². The van der Waals surface area contributed by atoms with Crippen LogP contribution in [0.5, 0.6) is 0 Å². The number of fused-ring (bicyclic) bond motifs is 1. The standard InChI is InChI=1S/C20H24N4O2S/c1-11-16(13-8-6-7-9-14(13)21-11)15-10-27-19(23-15)24-17(25)12(2)22-18(26)20(3,4)5/h6-10,12,21H,1-5H3,(H,22,26)(H,23,24,25). The molecular formula is C20H24N4O2S. The molecule has 7 heteroatoms. The van der Waals surface area contributed by atoms with Gasteiger partial charge in [0.2, 0.25) is 11.8 Å². The van der Waals surface area contributed by atoms with E-state index in [0.717, 1.165) is 27.9 Å². The fourth-order valence-corrected chi connectivity index (χ4v) is 3.45. The van der Waals surface area contributed by atoms with Crippen LogP contribution >= 0.6 is 11.3 Å². The molecule has 0 saturated carbocycles. The predicted octanol–water partition coefficient (Wildman–Crippen LogP) is 4.09. The number of nitrogens with one attached hydrogen (secondary N) is 3. The van der Waals surface area contributed by atoms with Crippen LogP contribution in [0.15, 0.2) is 29.6 Å². The Labute approximate surface area is 162 Å². The Morgan fingerprint density at radius 2 is 1.93 bits per heavy atom. The van der Waals surface area contributed by atoms with Crippen LogP contribution in [0.4, 0.5) is 5.13 Å². The molecule has 1 atom stereocenters. The van der Waals surface area contributed by atoms with Gasteiger partial charge < -0.3 is 15.6 Å². The number of para-hydroxylation sites is 1. The lowest BCUT2D eigenvalue weighted by molar-refractivity contribution is -0.131. The molecule has 0 fully saturated rings. The number of hydrogen-bond donors (Lipinski definition) is 3. The maximum Gasteiger partial charge on any atom is 0.248 e. The predicted molar refractivity (Wildman–Crippen MR) is 110 cm³/mol. The molecule has 3 rings (SSSR count). The van der Waals surface area contributed by atoms with Crippen molar-refractivity contribution in [3.63, 3.8) is 0 Å². The van der Waals surface area contributed by atoms with Crippen molar-refractivity contribution in [2.75, 3.05) is 5.32 Å². The van der Waals surface area contributed by atoms with Crippen molar-refractivity contribution in [1.29, 1.82) is 0 Å². The van der Waals surface area contributed by atoms with Crippen LogP contribution in [-0.4, -0.2) is 27.8 Å². The maximum absolute atomic E-state index is 12.4. The van der Waals surface area contributed by atoms with Crippen molar-refractivity contribution >= 4 is 39.2 Å². The Hall–Kier alpha value is -2.67. The fraction of sp³-hybridized carbons (Fsp3) is 0.350. The molecule has 27 heavy (non-hydrogen) atoms. The van der Waals surface area contributed by atoms with Gasteiger partial charge in [0.05, 0.1) is 5.69 Å². The van der Waals surface area contributed by atoms with Gasteiger partial charge in [0.25, 0.3) is 0 Å². The van der Waals surface area contributed by atoms with Crippen molar-refractivity contribution in [1.82, 2.24) is 15.3 Å². The first-order chi connectivity index (χ1) is 12.7. The van der Waals surface area contributed by atoms with Gasteiger partial charge in [-0.05, 0) is 19.9 Å². The molecule has 3 aromatic rings. The van der Waals surface area contributed by atoms with Crippen molar-refractivity contribution in [2.24, 2.45) is 5.41 Å². The van der Waals surface area contributed by atoms with Crippen molar-refractivity contribution in [3.05, 3.63) is 35.3 Å². The van der Waals surface area contributed by atoms with E-state index in [1.54, 1.807) is 6.92 Å². The summed E-state index contributed by atoms with van der Waals surface area (Å²) in [5.41, 5.74) is 3.40. The molecule has 2 heterocycles. The van der Waals surface area contributed by atoms with Crippen LogP contribution in [0.3, 0.4) is 0 Å². The highest BCUT2D eigenvalue weighted by Crippen LogP contribution is 2.33. The van der Waals surface area contributed by atoms with E-state index in [9.17, 15) is 9.59 Å². The summed E-state index contributed by atoms with van der Waals surface area (Å²) in [4.78, 5) is 32.4. The van der Waals surface area contributed by atoms with Crippen LogP contribution < -0.4 is 10.6 Å². The second kappa shape index (κ2) is 7.15. The molecule has 2 amide bonds. The van der Waals surface area contributed by atoms with E-state index in [4.69, 9.17) is 0 Å². The smallest absolute Gasteiger partial charge is 0.248 e. The van der Waals surface area contributed by atoms with Gasteiger partial charge in [-0.3, -0.25) is 9.59 Å². The number of aromatic amines is 1. The number of amides is 2. The van der Waals surface area contributed by atoms with Crippen LogP contribution in [-0.2, 0) is 9.59 Å². The molecule has 0 aliphatic carbocycles. The van der Waals surface area contributed by atoms with E-state index in [-0.39, 0.29) is 11.8 Å². The largest absolute Gasteiger partial charge is 0.358 e. The number of anilines is 1. The Balaban J connectivity index is 1.75. The molecule has 0 aliphatic rings. The van der Waals surface area contributed by atoms with Gasteiger partial charge >= 0.3 is 0 Å². The lowest BCUT2D eigenvalue weighted by Gasteiger charge is -2.21. The van der Waals surface area contributed by atoms with Gasteiger partial charge in [-0.1, -0.05) is 39.0 Å². The maximum atomic E-state index is 12.4. The molecular weight excluding hydrogens is 360 g/mol. The van der Waals surface area contributed by atoms with Gasteiger partial charge in [0, 0.05) is 33.0 Å². The highest BCUT2D eigenvalue weighted by molar-refractivity contribution is 7.14. The number of aromatic nitrogens is 2. The number of hydrogen-bond acceptors (Lipinski definition) is 4. The number of carbonyl (C=O) groups is 2. The van der Waals surface area contributed by atoms with Crippen molar-refractivity contribution < 1.29 is 9.59 Å². The SMILES string of the molecule is Cc1[nH]c2ccccc2c1-c1csc(NC(=O)C(C)NC(=O)C(C)(C)C)n1. The molecule has 0 aliphatic heterocycles. The third-order valence-electron chi connectivity index (χ3n) is 4.31. The first kappa shape index (κ1) is 19.1. The molecule has 1 aromatic carbocycles. The molecule has 6 nitrogen and oxygen atoms in total. The zero-order valence-electron chi connectivity index (χ0n) is 16.1. The van der Waals surface area contributed by atoms with E-state index in [0.29, 0.717) is 5.13 Å². The zero-order valence-corrected chi connectivity index (χ0v) is 17.0. The molecule has 0 spiro atoms. The molecule has 0 saturated heterocycles. The summed E-state index contributed by atoms with van der Waals surface area (Å²) in [5, 5.41) is 9.06. The van der Waals surface area contributed by atoms with E-state index in [1.165, 1.54) is 11.3 Å². The van der Waals surface area contributed by atoms with E-state index >= 15 is 0 Å². The van der Waals surface area contributed by atoms with E-state index in [2.05, 4.69) is 26.7 Å². The van der Waals surface area contributed by atoms with Crippen LogP contribution in [0.25, 0.3) is 22.2 Å². The minimum absolute atomic E-state index is 0.167. The average molecular weight is 385 g/mol. The van der Waals surface area contributed by atoms with Crippen LogP contribution in [0, 0.1) is 12.3 Å². The first-order valence-corrected chi connectivity index (χ1v) is 9.70. The topological polar surface area (TPSA) is 86.9 Å². The number of aryl methyl sites for hydroxylation is 1. The summed E-state index contributed by atoms with van der Waals surface area (Å²) in [6.45, 7) is 9.10. The summed E-state index contributed by atoms with van der Waals surface area (Å²) >= 11 is 1.37. The Kier molecular flexibility index (Phi) is 5.06. The first-order valence-electron chi connectivity index (χ1n) is 8.82.